The molecule has 0 unspecified atom stereocenters. The molecule has 1 aromatic heterocycles. The lowest BCUT2D eigenvalue weighted by atomic mass is 10.1. The molecule has 0 aliphatic carbocycles. The smallest absolute Gasteiger partial charge is 0.161 e. The number of hydrogen-bond acceptors (Lipinski definition) is 3. The minimum atomic E-state index is 0.347. The van der Waals surface area contributed by atoms with E-state index in [0.717, 1.165) is 28.1 Å². The van der Waals surface area contributed by atoms with Gasteiger partial charge in [0, 0.05) is 28.3 Å². The van der Waals surface area contributed by atoms with E-state index < -0.39 is 0 Å². The molecule has 106 valence electrons. The normalized spacial score (nSPS) is 10.9. The molecule has 3 nitrogen and oxygen atoms in total. The standard InChI is InChI=1S/C15H17BrClN3/c1-4-18-14-8-13(9(2)3)19-15(20-14)10-5-6-11(16)12(17)7-10/h5-9H,4H2,1-3H3,(H,18,19,20). The SMILES string of the molecule is CCNc1cc(C(C)C)nc(-c2ccc(Br)c(Cl)c2)n1. The number of halogens is 2. The van der Waals surface area contributed by atoms with E-state index in [9.17, 15) is 0 Å². The zero-order chi connectivity index (χ0) is 14.7. The first-order valence-electron chi connectivity index (χ1n) is 6.59. The molecule has 2 aromatic rings. The second-order valence-corrected chi connectivity index (χ2v) is 6.08. The first-order valence-corrected chi connectivity index (χ1v) is 7.76. The number of rotatable bonds is 4. The van der Waals surface area contributed by atoms with Crippen LogP contribution in [0.15, 0.2) is 28.7 Å². The third-order valence-corrected chi connectivity index (χ3v) is 4.11. The molecule has 2 rings (SSSR count). The summed E-state index contributed by atoms with van der Waals surface area (Å²) < 4.78 is 0.870. The average molecular weight is 355 g/mol. The zero-order valence-electron chi connectivity index (χ0n) is 11.7. The van der Waals surface area contributed by atoms with Crippen LogP contribution in [-0.4, -0.2) is 16.5 Å². The van der Waals surface area contributed by atoms with Crippen molar-refractivity contribution in [3.63, 3.8) is 0 Å². The van der Waals surface area contributed by atoms with E-state index in [1.54, 1.807) is 0 Å². The number of anilines is 1. The lowest BCUT2D eigenvalue weighted by Crippen LogP contribution is -2.05. The van der Waals surface area contributed by atoms with Gasteiger partial charge in [-0.2, -0.15) is 0 Å². The summed E-state index contributed by atoms with van der Waals surface area (Å²) in [6.07, 6.45) is 0. The van der Waals surface area contributed by atoms with Crippen LogP contribution in [-0.2, 0) is 0 Å². The summed E-state index contributed by atoms with van der Waals surface area (Å²) in [5, 5.41) is 3.90. The molecule has 0 atom stereocenters. The molecule has 0 fully saturated rings. The molecule has 0 amide bonds. The molecule has 0 aliphatic rings. The van der Waals surface area contributed by atoms with E-state index in [-0.39, 0.29) is 0 Å². The number of benzene rings is 1. The highest BCUT2D eigenvalue weighted by Gasteiger charge is 2.10. The second-order valence-electron chi connectivity index (χ2n) is 4.82. The van der Waals surface area contributed by atoms with Crippen molar-refractivity contribution in [2.75, 3.05) is 11.9 Å². The number of nitrogens with one attached hydrogen (secondary N) is 1. The maximum atomic E-state index is 6.15. The molecule has 0 bridgehead atoms. The molecule has 1 aromatic carbocycles. The van der Waals surface area contributed by atoms with Crippen molar-refractivity contribution < 1.29 is 0 Å². The first-order chi connectivity index (χ1) is 9.51. The van der Waals surface area contributed by atoms with E-state index in [1.807, 2.05) is 31.2 Å². The van der Waals surface area contributed by atoms with Gasteiger partial charge in [-0.15, -0.1) is 0 Å². The van der Waals surface area contributed by atoms with Crippen LogP contribution in [0, 0.1) is 0 Å². The molecule has 0 saturated heterocycles. The average Bonchev–Trinajstić information content (AvgIpc) is 2.42. The number of aromatic nitrogens is 2. The summed E-state index contributed by atoms with van der Waals surface area (Å²) in [5.41, 5.74) is 1.94. The predicted octanol–water partition coefficient (Wildman–Crippen LogP) is 5.11. The van der Waals surface area contributed by atoms with Crippen LogP contribution in [0.5, 0.6) is 0 Å². The number of nitrogens with zero attached hydrogens (tertiary/aromatic N) is 2. The van der Waals surface area contributed by atoms with E-state index in [0.29, 0.717) is 16.8 Å². The largest absolute Gasteiger partial charge is 0.370 e. The van der Waals surface area contributed by atoms with Gasteiger partial charge >= 0.3 is 0 Å². The monoisotopic (exact) mass is 353 g/mol. The van der Waals surface area contributed by atoms with Crippen molar-refractivity contribution in [3.8, 4) is 11.4 Å². The fourth-order valence-electron chi connectivity index (χ4n) is 1.80. The van der Waals surface area contributed by atoms with Gasteiger partial charge < -0.3 is 5.32 Å². The Balaban J connectivity index is 2.51. The van der Waals surface area contributed by atoms with Crippen LogP contribution in [0.25, 0.3) is 11.4 Å². The fraction of sp³-hybridized carbons (Fsp3) is 0.333. The van der Waals surface area contributed by atoms with Crippen molar-refractivity contribution >= 4 is 33.3 Å². The molecule has 1 N–H and O–H groups in total. The summed E-state index contributed by atoms with van der Waals surface area (Å²) >= 11 is 9.54. The molecular formula is C15H17BrClN3. The van der Waals surface area contributed by atoms with Gasteiger partial charge in [0.15, 0.2) is 5.82 Å². The molecular weight excluding hydrogens is 338 g/mol. The van der Waals surface area contributed by atoms with Gasteiger partial charge in [-0.3, -0.25) is 0 Å². The molecule has 0 spiro atoms. The minimum Gasteiger partial charge on any atom is -0.370 e. The van der Waals surface area contributed by atoms with Crippen molar-refractivity contribution in [1.82, 2.24) is 9.97 Å². The Morgan fingerprint density at radius 1 is 1.25 bits per heavy atom. The molecule has 0 radical (unpaired) electrons. The van der Waals surface area contributed by atoms with Crippen LogP contribution >= 0.6 is 27.5 Å². The van der Waals surface area contributed by atoms with Crippen LogP contribution < -0.4 is 5.32 Å². The van der Waals surface area contributed by atoms with Crippen LogP contribution in [0.4, 0.5) is 5.82 Å². The Morgan fingerprint density at radius 3 is 2.60 bits per heavy atom. The van der Waals surface area contributed by atoms with E-state index in [4.69, 9.17) is 11.6 Å². The maximum Gasteiger partial charge on any atom is 0.161 e. The zero-order valence-corrected chi connectivity index (χ0v) is 14.1. The minimum absolute atomic E-state index is 0.347. The van der Waals surface area contributed by atoms with Crippen LogP contribution in [0.1, 0.15) is 32.4 Å². The predicted molar refractivity (Wildman–Crippen MR) is 88.4 cm³/mol. The Bertz CT molecular complexity index is 614. The van der Waals surface area contributed by atoms with Gasteiger partial charge in [0.2, 0.25) is 0 Å². The summed E-state index contributed by atoms with van der Waals surface area (Å²) in [6, 6.07) is 7.75. The third kappa shape index (κ3) is 3.49. The topological polar surface area (TPSA) is 37.8 Å². The highest BCUT2D eigenvalue weighted by atomic mass is 79.9. The van der Waals surface area contributed by atoms with Crippen LogP contribution in [0.2, 0.25) is 5.02 Å². The molecule has 0 aliphatic heterocycles. The van der Waals surface area contributed by atoms with E-state index >= 15 is 0 Å². The van der Waals surface area contributed by atoms with Crippen molar-refractivity contribution in [2.24, 2.45) is 0 Å². The van der Waals surface area contributed by atoms with Gasteiger partial charge in [-0.1, -0.05) is 25.4 Å². The van der Waals surface area contributed by atoms with Gasteiger partial charge in [0.1, 0.15) is 5.82 Å². The molecule has 20 heavy (non-hydrogen) atoms. The fourth-order valence-corrected chi connectivity index (χ4v) is 2.22. The van der Waals surface area contributed by atoms with E-state index in [1.165, 1.54) is 0 Å². The van der Waals surface area contributed by atoms with Crippen molar-refractivity contribution in [3.05, 3.63) is 39.5 Å². The highest BCUT2D eigenvalue weighted by Crippen LogP contribution is 2.28. The molecule has 0 saturated carbocycles. The quantitative estimate of drug-likeness (QED) is 0.828. The highest BCUT2D eigenvalue weighted by molar-refractivity contribution is 9.10. The summed E-state index contributed by atoms with van der Waals surface area (Å²) in [7, 11) is 0. The first kappa shape index (κ1) is 15.3. The van der Waals surface area contributed by atoms with Gasteiger partial charge in [-0.05, 0) is 47.0 Å². The third-order valence-electron chi connectivity index (χ3n) is 2.87. The lowest BCUT2D eigenvalue weighted by molar-refractivity contribution is 0.817. The second kappa shape index (κ2) is 6.55. The maximum absolute atomic E-state index is 6.15. The lowest BCUT2D eigenvalue weighted by Gasteiger charge is -2.11. The van der Waals surface area contributed by atoms with Gasteiger partial charge in [0.25, 0.3) is 0 Å². The van der Waals surface area contributed by atoms with Gasteiger partial charge in [0.05, 0.1) is 5.02 Å². The molecule has 1 heterocycles. The Labute approximate surface area is 132 Å². The summed E-state index contributed by atoms with van der Waals surface area (Å²) in [5.74, 6) is 1.89. The Hall–Kier alpha value is -1.13. The van der Waals surface area contributed by atoms with Crippen LogP contribution in [0.3, 0.4) is 0 Å². The summed E-state index contributed by atoms with van der Waals surface area (Å²) in [4.78, 5) is 9.18. The van der Waals surface area contributed by atoms with Gasteiger partial charge in [-0.25, -0.2) is 9.97 Å². The number of hydrogen-bond donors (Lipinski definition) is 1. The summed E-state index contributed by atoms with van der Waals surface area (Å²) in [6.45, 7) is 7.12. The van der Waals surface area contributed by atoms with Crippen molar-refractivity contribution in [2.45, 2.75) is 26.7 Å². The Morgan fingerprint density at radius 2 is 2.00 bits per heavy atom. The van der Waals surface area contributed by atoms with E-state index in [2.05, 4.69) is 45.1 Å². The Kier molecular flexibility index (Phi) is 5.00. The molecule has 5 heteroatoms. The van der Waals surface area contributed by atoms with Crippen molar-refractivity contribution in [1.29, 1.82) is 0 Å².